The SMILES string of the molecule is Cc1cc(C(=O)N2CC[C@@H](N3CCc4ccccc4C3)[C@H](O)C2)on1. The molecule has 0 spiro atoms. The first-order valence-electron chi connectivity index (χ1n) is 8.83. The Morgan fingerprint density at radius 3 is 2.80 bits per heavy atom. The Morgan fingerprint density at radius 2 is 2.08 bits per heavy atom. The van der Waals surface area contributed by atoms with Gasteiger partial charge in [-0.25, -0.2) is 0 Å². The molecule has 0 unspecified atom stereocenters. The molecule has 3 heterocycles. The van der Waals surface area contributed by atoms with Gasteiger partial charge in [0.25, 0.3) is 5.91 Å². The van der Waals surface area contributed by atoms with Crippen LogP contribution < -0.4 is 0 Å². The molecule has 4 rings (SSSR count). The Labute approximate surface area is 147 Å². The summed E-state index contributed by atoms with van der Waals surface area (Å²) in [5.74, 6) is 0.0529. The van der Waals surface area contributed by atoms with E-state index >= 15 is 0 Å². The summed E-state index contributed by atoms with van der Waals surface area (Å²) in [4.78, 5) is 16.5. The van der Waals surface area contributed by atoms with E-state index in [1.54, 1.807) is 17.9 Å². The van der Waals surface area contributed by atoms with E-state index in [0.717, 1.165) is 25.9 Å². The van der Waals surface area contributed by atoms with Gasteiger partial charge in [0.05, 0.1) is 11.8 Å². The van der Waals surface area contributed by atoms with Crippen molar-refractivity contribution in [3.05, 3.63) is 52.9 Å². The fraction of sp³-hybridized carbons (Fsp3) is 0.474. The number of carbonyl (C=O) groups excluding carboxylic acids is 1. The van der Waals surface area contributed by atoms with Crippen LogP contribution in [0.5, 0.6) is 0 Å². The third-order valence-electron chi connectivity index (χ3n) is 5.30. The molecule has 0 aliphatic carbocycles. The smallest absolute Gasteiger partial charge is 0.292 e. The van der Waals surface area contributed by atoms with Gasteiger partial charge in [-0.15, -0.1) is 0 Å². The molecule has 1 amide bonds. The van der Waals surface area contributed by atoms with Crippen LogP contribution in [-0.2, 0) is 13.0 Å². The van der Waals surface area contributed by atoms with Gasteiger partial charge < -0.3 is 14.5 Å². The number of nitrogens with zero attached hydrogens (tertiary/aromatic N) is 3. The van der Waals surface area contributed by atoms with Gasteiger partial charge in [-0.05, 0) is 30.9 Å². The van der Waals surface area contributed by atoms with Crippen LogP contribution in [0.1, 0.15) is 33.8 Å². The molecule has 2 atom stereocenters. The Morgan fingerprint density at radius 1 is 1.28 bits per heavy atom. The summed E-state index contributed by atoms with van der Waals surface area (Å²) in [6.45, 7) is 4.57. The summed E-state index contributed by atoms with van der Waals surface area (Å²) in [7, 11) is 0. The third kappa shape index (κ3) is 3.19. The van der Waals surface area contributed by atoms with Gasteiger partial charge in [0.2, 0.25) is 5.76 Å². The highest BCUT2D eigenvalue weighted by Gasteiger charge is 2.36. The van der Waals surface area contributed by atoms with Crippen LogP contribution in [0, 0.1) is 6.92 Å². The van der Waals surface area contributed by atoms with Crippen LogP contribution in [0.2, 0.25) is 0 Å². The fourth-order valence-corrected chi connectivity index (χ4v) is 3.95. The van der Waals surface area contributed by atoms with Crippen molar-refractivity contribution in [2.24, 2.45) is 0 Å². The molecular weight excluding hydrogens is 318 g/mol. The lowest BCUT2D eigenvalue weighted by atomic mass is 9.94. The second-order valence-corrected chi connectivity index (χ2v) is 7.00. The highest BCUT2D eigenvalue weighted by atomic mass is 16.5. The second-order valence-electron chi connectivity index (χ2n) is 7.00. The number of fused-ring (bicyclic) bond motifs is 1. The van der Waals surface area contributed by atoms with Crippen LogP contribution in [-0.4, -0.2) is 57.8 Å². The molecule has 1 fully saturated rings. The van der Waals surface area contributed by atoms with Gasteiger partial charge in [-0.3, -0.25) is 9.69 Å². The van der Waals surface area contributed by atoms with Gasteiger partial charge in [-0.1, -0.05) is 29.4 Å². The maximum absolute atomic E-state index is 12.5. The van der Waals surface area contributed by atoms with Crippen molar-refractivity contribution < 1.29 is 14.4 Å². The molecule has 132 valence electrons. The van der Waals surface area contributed by atoms with E-state index in [1.807, 2.05) is 0 Å². The Kier molecular flexibility index (Phi) is 4.31. The van der Waals surface area contributed by atoms with Crippen LogP contribution >= 0.6 is 0 Å². The lowest BCUT2D eigenvalue weighted by Gasteiger charge is -2.43. The molecule has 2 aliphatic heterocycles. The summed E-state index contributed by atoms with van der Waals surface area (Å²) >= 11 is 0. The molecular formula is C19H23N3O3. The molecule has 0 radical (unpaired) electrons. The lowest BCUT2D eigenvalue weighted by Crippen LogP contribution is -2.56. The zero-order valence-corrected chi connectivity index (χ0v) is 14.4. The van der Waals surface area contributed by atoms with Crippen molar-refractivity contribution in [2.75, 3.05) is 19.6 Å². The summed E-state index contributed by atoms with van der Waals surface area (Å²) in [6.07, 6.45) is 1.23. The second kappa shape index (κ2) is 6.61. The Hall–Kier alpha value is -2.18. The van der Waals surface area contributed by atoms with Crippen LogP contribution in [0.4, 0.5) is 0 Å². The van der Waals surface area contributed by atoms with E-state index < -0.39 is 6.10 Å². The normalized spacial score (nSPS) is 24.2. The summed E-state index contributed by atoms with van der Waals surface area (Å²) in [5, 5.41) is 14.4. The number of aryl methyl sites for hydroxylation is 1. The zero-order chi connectivity index (χ0) is 17.4. The van der Waals surface area contributed by atoms with E-state index in [-0.39, 0.29) is 17.7 Å². The summed E-state index contributed by atoms with van der Waals surface area (Å²) < 4.78 is 5.06. The van der Waals surface area contributed by atoms with E-state index in [4.69, 9.17) is 4.52 Å². The van der Waals surface area contributed by atoms with Crippen molar-refractivity contribution in [3.63, 3.8) is 0 Å². The van der Waals surface area contributed by atoms with Crippen molar-refractivity contribution in [1.29, 1.82) is 0 Å². The minimum absolute atomic E-state index is 0.0915. The number of amides is 1. The van der Waals surface area contributed by atoms with Crippen LogP contribution in [0.25, 0.3) is 0 Å². The third-order valence-corrected chi connectivity index (χ3v) is 5.30. The minimum Gasteiger partial charge on any atom is -0.390 e. The van der Waals surface area contributed by atoms with E-state index in [9.17, 15) is 9.90 Å². The quantitative estimate of drug-likeness (QED) is 0.899. The van der Waals surface area contributed by atoms with E-state index in [2.05, 4.69) is 34.3 Å². The predicted molar refractivity (Wildman–Crippen MR) is 92.1 cm³/mol. The molecule has 1 saturated heterocycles. The van der Waals surface area contributed by atoms with Crippen molar-refractivity contribution >= 4 is 5.91 Å². The number of piperidine rings is 1. The predicted octanol–water partition coefficient (Wildman–Crippen LogP) is 1.62. The Bertz CT molecular complexity index is 773. The van der Waals surface area contributed by atoms with Crippen molar-refractivity contribution in [2.45, 2.75) is 38.5 Å². The lowest BCUT2D eigenvalue weighted by molar-refractivity contribution is -0.0147. The summed E-state index contributed by atoms with van der Waals surface area (Å²) in [5.41, 5.74) is 3.43. The van der Waals surface area contributed by atoms with Gasteiger partial charge >= 0.3 is 0 Å². The van der Waals surface area contributed by atoms with Crippen LogP contribution in [0.3, 0.4) is 0 Å². The topological polar surface area (TPSA) is 69.8 Å². The number of benzene rings is 1. The van der Waals surface area contributed by atoms with E-state index in [1.165, 1.54) is 11.1 Å². The van der Waals surface area contributed by atoms with Gasteiger partial charge in [-0.2, -0.15) is 0 Å². The number of aliphatic hydroxyl groups excluding tert-OH is 1. The minimum atomic E-state index is -0.549. The van der Waals surface area contributed by atoms with Gasteiger partial charge in [0, 0.05) is 38.3 Å². The fourth-order valence-electron chi connectivity index (χ4n) is 3.95. The van der Waals surface area contributed by atoms with Gasteiger partial charge in [0.1, 0.15) is 0 Å². The molecule has 6 heteroatoms. The first-order valence-corrected chi connectivity index (χ1v) is 8.83. The highest BCUT2D eigenvalue weighted by molar-refractivity contribution is 5.91. The maximum atomic E-state index is 12.5. The molecule has 0 saturated carbocycles. The number of aromatic nitrogens is 1. The molecule has 1 aromatic heterocycles. The standard InChI is InChI=1S/C19H23N3O3/c1-13-10-18(25-20-13)19(24)22-9-7-16(17(23)12-22)21-8-6-14-4-2-3-5-15(14)11-21/h2-5,10,16-17,23H,6-9,11-12H2,1H3/t16-,17-/m1/s1. The number of hydrogen-bond acceptors (Lipinski definition) is 5. The average Bonchev–Trinajstić information content (AvgIpc) is 3.07. The molecule has 0 bridgehead atoms. The molecule has 2 aliphatic rings. The highest BCUT2D eigenvalue weighted by Crippen LogP contribution is 2.25. The van der Waals surface area contributed by atoms with Crippen LogP contribution in [0.15, 0.2) is 34.9 Å². The number of carbonyl (C=O) groups is 1. The summed E-state index contributed by atoms with van der Waals surface area (Å²) in [6, 6.07) is 10.2. The molecule has 1 N–H and O–H groups in total. The Balaban J connectivity index is 1.41. The van der Waals surface area contributed by atoms with Gasteiger partial charge in [0.15, 0.2) is 0 Å². The maximum Gasteiger partial charge on any atom is 0.292 e. The number of hydrogen-bond donors (Lipinski definition) is 1. The zero-order valence-electron chi connectivity index (χ0n) is 14.4. The molecule has 1 aromatic carbocycles. The average molecular weight is 341 g/mol. The molecule has 25 heavy (non-hydrogen) atoms. The van der Waals surface area contributed by atoms with E-state index in [0.29, 0.717) is 18.8 Å². The molecule has 6 nitrogen and oxygen atoms in total. The monoisotopic (exact) mass is 341 g/mol. The van der Waals surface area contributed by atoms with Crippen molar-refractivity contribution in [1.82, 2.24) is 15.0 Å². The first-order chi connectivity index (χ1) is 12.1. The number of rotatable bonds is 2. The molecule has 2 aromatic rings. The van der Waals surface area contributed by atoms with Crippen molar-refractivity contribution in [3.8, 4) is 0 Å². The first kappa shape index (κ1) is 16.3. The number of aliphatic hydroxyl groups is 1. The number of likely N-dealkylation sites (tertiary alicyclic amines) is 1. The number of β-amino-alcohol motifs (C(OH)–C–C–N with tert-alkyl or cyclic N) is 1. The largest absolute Gasteiger partial charge is 0.390 e.